The summed E-state index contributed by atoms with van der Waals surface area (Å²) in [6.07, 6.45) is -0.252. The Morgan fingerprint density at radius 1 is 1.26 bits per heavy atom. The van der Waals surface area contributed by atoms with Gasteiger partial charge in [-0.3, -0.25) is 9.69 Å². The van der Waals surface area contributed by atoms with Gasteiger partial charge in [0.25, 0.3) is 0 Å². The van der Waals surface area contributed by atoms with Crippen molar-refractivity contribution in [3.8, 4) is 0 Å². The summed E-state index contributed by atoms with van der Waals surface area (Å²) in [5.41, 5.74) is 0. The highest BCUT2D eigenvalue weighted by atomic mass is 19.4. The molecule has 2 aliphatic rings. The standard InChI is InChI=1S/C13H21F3N2O/c1-17(9-13(14,15)16)11-4-5-12(19)18(7-6-11)8-10-2-3-10/h10-11H,2-9H2,1H3. The number of halogens is 3. The first kappa shape index (κ1) is 14.6. The SMILES string of the molecule is CN(CC(F)(F)F)C1CCC(=O)N(CC2CC2)CC1. The number of carbonyl (C=O) groups excluding carboxylic acids is 1. The molecule has 1 amide bonds. The lowest BCUT2D eigenvalue weighted by molar-refractivity contribution is -0.147. The molecule has 6 heteroatoms. The second-order valence-corrected chi connectivity index (χ2v) is 5.79. The van der Waals surface area contributed by atoms with Crippen LogP contribution in [0, 0.1) is 5.92 Å². The quantitative estimate of drug-likeness (QED) is 0.787. The molecule has 1 saturated heterocycles. The van der Waals surface area contributed by atoms with Crippen molar-refractivity contribution in [1.82, 2.24) is 9.80 Å². The molecule has 1 atom stereocenters. The highest BCUT2D eigenvalue weighted by Gasteiger charge is 2.34. The van der Waals surface area contributed by atoms with E-state index in [2.05, 4.69) is 0 Å². The van der Waals surface area contributed by atoms with E-state index in [1.165, 1.54) is 24.8 Å². The Morgan fingerprint density at radius 2 is 1.95 bits per heavy atom. The molecule has 2 fully saturated rings. The third-order valence-corrected chi connectivity index (χ3v) is 4.00. The molecule has 0 aromatic carbocycles. The fraction of sp³-hybridized carbons (Fsp3) is 0.923. The number of nitrogens with zero attached hydrogens (tertiary/aromatic N) is 2. The van der Waals surface area contributed by atoms with Crippen molar-refractivity contribution in [2.75, 3.05) is 26.7 Å². The summed E-state index contributed by atoms with van der Waals surface area (Å²) < 4.78 is 37.1. The van der Waals surface area contributed by atoms with Crippen LogP contribution in [0.4, 0.5) is 13.2 Å². The molecule has 0 radical (unpaired) electrons. The first-order valence-corrected chi connectivity index (χ1v) is 6.90. The van der Waals surface area contributed by atoms with Crippen LogP contribution in [0.15, 0.2) is 0 Å². The van der Waals surface area contributed by atoms with Crippen LogP contribution in [0.3, 0.4) is 0 Å². The first-order chi connectivity index (χ1) is 8.85. The zero-order valence-corrected chi connectivity index (χ0v) is 11.2. The van der Waals surface area contributed by atoms with Crippen molar-refractivity contribution in [3.63, 3.8) is 0 Å². The first-order valence-electron chi connectivity index (χ1n) is 6.90. The van der Waals surface area contributed by atoms with E-state index in [4.69, 9.17) is 0 Å². The van der Waals surface area contributed by atoms with E-state index in [1.807, 2.05) is 4.90 Å². The third kappa shape index (κ3) is 4.67. The Bertz CT molecular complexity index is 328. The van der Waals surface area contributed by atoms with E-state index in [0.717, 1.165) is 6.54 Å². The summed E-state index contributed by atoms with van der Waals surface area (Å²) in [6, 6.07) is -0.144. The second-order valence-electron chi connectivity index (χ2n) is 5.79. The molecule has 0 N–H and O–H groups in total. The van der Waals surface area contributed by atoms with Crippen molar-refractivity contribution in [3.05, 3.63) is 0 Å². The van der Waals surface area contributed by atoms with Crippen molar-refractivity contribution >= 4 is 5.91 Å². The molecule has 2 rings (SSSR count). The second kappa shape index (κ2) is 5.69. The normalized spacial score (nSPS) is 25.8. The maximum Gasteiger partial charge on any atom is 0.401 e. The van der Waals surface area contributed by atoms with E-state index in [0.29, 0.717) is 31.7 Å². The monoisotopic (exact) mass is 278 g/mol. The summed E-state index contributed by atoms with van der Waals surface area (Å²) in [5.74, 6) is 0.739. The Kier molecular flexibility index (Phi) is 4.38. The average molecular weight is 278 g/mol. The molecule has 110 valence electrons. The summed E-state index contributed by atoms with van der Waals surface area (Å²) in [5, 5.41) is 0. The van der Waals surface area contributed by atoms with E-state index in [9.17, 15) is 18.0 Å². The molecule has 3 nitrogen and oxygen atoms in total. The van der Waals surface area contributed by atoms with Gasteiger partial charge < -0.3 is 4.90 Å². The van der Waals surface area contributed by atoms with Crippen LogP contribution in [0.25, 0.3) is 0 Å². The smallest absolute Gasteiger partial charge is 0.342 e. The molecule has 0 bridgehead atoms. The molecule has 0 aromatic rings. The average Bonchev–Trinajstić information content (AvgIpc) is 3.08. The Balaban J connectivity index is 1.85. The van der Waals surface area contributed by atoms with Gasteiger partial charge >= 0.3 is 6.18 Å². The van der Waals surface area contributed by atoms with Gasteiger partial charge in [0.1, 0.15) is 0 Å². The Labute approximate surface area is 111 Å². The van der Waals surface area contributed by atoms with Gasteiger partial charge in [0.2, 0.25) is 5.91 Å². The molecule has 19 heavy (non-hydrogen) atoms. The van der Waals surface area contributed by atoms with Gasteiger partial charge in [0, 0.05) is 25.6 Å². The van der Waals surface area contributed by atoms with Gasteiger partial charge in [0.15, 0.2) is 0 Å². The van der Waals surface area contributed by atoms with Crippen molar-refractivity contribution in [2.45, 2.75) is 44.3 Å². The number of amides is 1. The number of alkyl halides is 3. The van der Waals surface area contributed by atoms with Crippen LogP contribution >= 0.6 is 0 Å². The fourth-order valence-electron chi connectivity index (χ4n) is 2.68. The Morgan fingerprint density at radius 3 is 2.53 bits per heavy atom. The van der Waals surface area contributed by atoms with Crippen LogP contribution in [-0.2, 0) is 4.79 Å². The summed E-state index contributed by atoms with van der Waals surface area (Å²) in [4.78, 5) is 15.1. The molecule has 1 unspecified atom stereocenters. The predicted molar refractivity (Wildman–Crippen MR) is 65.6 cm³/mol. The molecular formula is C13H21F3N2O. The van der Waals surface area contributed by atoms with E-state index >= 15 is 0 Å². The number of likely N-dealkylation sites (tertiary alicyclic amines) is 1. The highest BCUT2D eigenvalue weighted by molar-refractivity contribution is 5.76. The van der Waals surface area contributed by atoms with E-state index in [-0.39, 0.29) is 11.9 Å². The molecule has 1 heterocycles. The number of hydrogen-bond donors (Lipinski definition) is 0. The Hall–Kier alpha value is -0.780. The van der Waals surface area contributed by atoms with E-state index < -0.39 is 12.7 Å². The zero-order valence-electron chi connectivity index (χ0n) is 11.2. The van der Waals surface area contributed by atoms with Gasteiger partial charge in [0.05, 0.1) is 6.54 Å². The zero-order chi connectivity index (χ0) is 14.0. The predicted octanol–water partition coefficient (Wildman–Crippen LogP) is 2.27. The van der Waals surface area contributed by atoms with Crippen LogP contribution in [0.1, 0.15) is 32.1 Å². The third-order valence-electron chi connectivity index (χ3n) is 4.00. The highest BCUT2D eigenvalue weighted by Crippen LogP contribution is 2.31. The van der Waals surface area contributed by atoms with Crippen molar-refractivity contribution in [1.29, 1.82) is 0 Å². The minimum Gasteiger partial charge on any atom is -0.342 e. The van der Waals surface area contributed by atoms with Gasteiger partial charge in [-0.15, -0.1) is 0 Å². The largest absolute Gasteiger partial charge is 0.401 e. The topological polar surface area (TPSA) is 23.6 Å². The van der Waals surface area contributed by atoms with Gasteiger partial charge in [-0.05, 0) is 38.6 Å². The van der Waals surface area contributed by atoms with Gasteiger partial charge in [-0.25, -0.2) is 0 Å². The molecular weight excluding hydrogens is 257 g/mol. The van der Waals surface area contributed by atoms with Crippen LogP contribution in [0.2, 0.25) is 0 Å². The molecule has 1 aliphatic heterocycles. The number of hydrogen-bond acceptors (Lipinski definition) is 2. The van der Waals surface area contributed by atoms with E-state index in [1.54, 1.807) is 0 Å². The molecule has 1 saturated carbocycles. The van der Waals surface area contributed by atoms with Crippen molar-refractivity contribution in [2.24, 2.45) is 5.92 Å². The minimum absolute atomic E-state index is 0.106. The van der Waals surface area contributed by atoms with Gasteiger partial charge in [-0.1, -0.05) is 0 Å². The summed E-state index contributed by atoms with van der Waals surface area (Å²) >= 11 is 0. The fourth-order valence-corrected chi connectivity index (χ4v) is 2.68. The maximum atomic E-state index is 12.4. The lowest BCUT2D eigenvalue weighted by Gasteiger charge is -2.27. The van der Waals surface area contributed by atoms with Crippen molar-refractivity contribution < 1.29 is 18.0 Å². The lowest BCUT2D eigenvalue weighted by atomic mass is 10.1. The van der Waals surface area contributed by atoms with Gasteiger partial charge in [-0.2, -0.15) is 13.2 Å². The van der Waals surface area contributed by atoms with Crippen LogP contribution < -0.4 is 0 Å². The maximum absolute atomic E-state index is 12.4. The summed E-state index contributed by atoms with van der Waals surface area (Å²) in [7, 11) is 1.50. The molecule has 1 aliphatic carbocycles. The summed E-state index contributed by atoms with van der Waals surface area (Å²) in [6.45, 7) is 0.505. The number of rotatable bonds is 4. The lowest BCUT2D eigenvalue weighted by Crippen LogP contribution is -2.39. The minimum atomic E-state index is -4.17. The molecule has 0 spiro atoms. The molecule has 0 aromatic heterocycles. The van der Waals surface area contributed by atoms with Crippen LogP contribution in [-0.4, -0.2) is 54.6 Å². The van der Waals surface area contributed by atoms with Crippen LogP contribution in [0.5, 0.6) is 0 Å². The number of carbonyl (C=O) groups is 1.